The van der Waals surface area contributed by atoms with Crippen LogP contribution in [0.15, 0.2) is 52.8 Å². The molecule has 6 nitrogen and oxygen atoms in total. The second kappa shape index (κ2) is 8.97. The number of halogens is 4. The van der Waals surface area contributed by atoms with Crippen molar-refractivity contribution in [2.45, 2.75) is 24.8 Å². The number of furan rings is 1. The van der Waals surface area contributed by atoms with Gasteiger partial charge in [-0.1, -0.05) is 29.4 Å². The van der Waals surface area contributed by atoms with Crippen LogP contribution in [0.1, 0.15) is 11.3 Å². The Bertz CT molecular complexity index is 1080. The number of allylic oxidation sites excluding steroid dienone is 1. The lowest BCUT2D eigenvalue weighted by atomic mass is 10.2. The maximum atomic E-state index is 12.9. The monoisotopic (exact) mass is 456 g/mol. The van der Waals surface area contributed by atoms with Crippen molar-refractivity contribution in [3.05, 3.63) is 59.5 Å². The highest BCUT2D eigenvalue weighted by Gasteiger charge is 2.31. The van der Waals surface area contributed by atoms with Crippen LogP contribution in [0.2, 0.25) is 5.02 Å². The van der Waals surface area contributed by atoms with Gasteiger partial charge in [-0.2, -0.15) is 13.2 Å². The van der Waals surface area contributed by atoms with Crippen LogP contribution in [0.4, 0.5) is 18.9 Å². The van der Waals surface area contributed by atoms with Gasteiger partial charge in [0.2, 0.25) is 5.91 Å². The molecule has 0 fully saturated rings. The Morgan fingerprint density at radius 3 is 2.77 bits per heavy atom. The molecule has 0 aliphatic rings. The number of nitrogens with zero attached hydrogens (tertiary/aromatic N) is 3. The lowest BCUT2D eigenvalue weighted by Crippen LogP contribution is -2.16. The molecule has 158 valence electrons. The Morgan fingerprint density at radius 1 is 1.37 bits per heavy atom. The molecule has 1 N–H and O–H groups in total. The molecule has 0 saturated carbocycles. The van der Waals surface area contributed by atoms with E-state index in [-0.39, 0.29) is 16.5 Å². The van der Waals surface area contributed by atoms with E-state index in [2.05, 4.69) is 22.1 Å². The molecule has 0 atom stereocenters. The molecule has 1 amide bonds. The number of nitrogens with one attached hydrogen (secondary N) is 1. The fraction of sp³-hybridized carbons (Fsp3) is 0.211. The highest BCUT2D eigenvalue weighted by molar-refractivity contribution is 7.99. The number of hydrogen-bond acceptors (Lipinski definition) is 5. The van der Waals surface area contributed by atoms with Crippen molar-refractivity contribution in [2.24, 2.45) is 0 Å². The summed E-state index contributed by atoms with van der Waals surface area (Å²) >= 11 is 7.00. The van der Waals surface area contributed by atoms with Crippen LogP contribution in [0.25, 0.3) is 11.4 Å². The number of carbonyl (C=O) groups excluding carboxylic acids is 1. The fourth-order valence-electron chi connectivity index (χ4n) is 2.62. The third-order valence-corrected chi connectivity index (χ3v) is 5.32. The summed E-state index contributed by atoms with van der Waals surface area (Å²) in [5.41, 5.74) is -0.253. The van der Waals surface area contributed by atoms with Crippen LogP contribution >= 0.6 is 23.4 Å². The van der Waals surface area contributed by atoms with Crippen LogP contribution in [-0.2, 0) is 17.5 Å². The molecule has 2 heterocycles. The van der Waals surface area contributed by atoms with Gasteiger partial charge in [0.15, 0.2) is 11.0 Å². The first-order valence-electron chi connectivity index (χ1n) is 8.58. The summed E-state index contributed by atoms with van der Waals surface area (Å²) in [5, 5.41) is 11.1. The topological polar surface area (TPSA) is 73.0 Å². The highest BCUT2D eigenvalue weighted by atomic mass is 35.5. The van der Waals surface area contributed by atoms with E-state index in [1.165, 1.54) is 6.26 Å². The lowest BCUT2D eigenvalue weighted by Gasteiger charge is -2.11. The number of rotatable bonds is 7. The first-order valence-corrected chi connectivity index (χ1v) is 9.95. The Hall–Kier alpha value is -2.72. The van der Waals surface area contributed by atoms with Gasteiger partial charge in [-0.25, -0.2) is 0 Å². The smallest absolute Gasteiger partial charge is 0.416 e. The first-order chi connectivity index (χ1) is 14.2. The van der Waals surface area contributed by atoms with Crippen molar-refractivity contribution < 1.29 is 22.4 Å². The number of aromatic nitrogens is 3. The number of alkyl halides is 3. The van der Waals surface area contributed by atoms with E-state index >= 15 is 0 Å². The van der Waals surface area contributed by atoms with Crippen molar-refractivity contribution in [1.29, 1.82) is 0 Å². The molecule has 0 spiro atoms. The summed E-state index contributed by atoms with van der Waals surface area (Å²) in [6.45, 7) is 5.91. The molecule has 0 aliphatic carbocycles. The van der Waals surface area contributed by atoms with Crippen LogP contribution in [0, 0.1) is 6.92 Å². The molecular weight excluding hydrogens is 441 g/mol. The third kappa shape index (κ3) is 4.88. The number of carbonyl (C=O) groups is 1. The van der Waals surface area contributed by atoms with Crippen molar-refractivity contribution in [3.8, 4) is 11.4 Å². The fourth-order valence-corrected chi connectivity index (χ4v) is 3.53. The van der Waals surface area contributed by atoms with Crippen molar-refractivity contribution in [3.63, 3.8) is 0 Å². The quantitative estimate of drug-likeness (QED) is 0.379. The summed E-state index contributed by atoms with van der Waals surface area (Å²) in [5.74, 6) is 0.591. The standard InChI is InChI=1S/C19H16ClF3N4O2S/c1-3-7-27-17(13-6-8-29-11(13)2)25-26-18(27)30-10-16(28)24-15-9-12(19(21,22)23)4-5-14(15)20/h3-6,8-9H,1,7,10H2,2H3,(H,24,28). The maximum absolute atomic E-state index is 12.9. The zero-order chi connectivity index (χ0) is 21.9. The van der Waals surface area contributed by atoms with Gasteiger partial charge in [0.05, 0.1) is 33.9 Å². The van der Waals surface area contributed by atoms with E-state index in [4.69, 9.17) is 16.0 Å². The Morgan fingerprint density at radius 2 is 2.13 bits per heavy atom. The van der Waals surface area contributed by atoms with Gasteiger partial charge in [-0.05, 0) is 31.2 Å². The second-order valence-corrected chi connectivity index (χ2v) is 7.47. The number of benzene rings is 1. The zero-order valence-electron chi connectivity index (χ0n) is 15.7. The molecule has 0 bridgehead atoms. The van der Waals surface area contributed by atoms with Crippen LogP contribution in [0.3, 0.4) is 0 Å². The first kappa shape index (κ1) is 22.0. The van der Waals surface area contributed by atoms with Crippen LogP contribution < -0.4 is 5.32 Å². The molecule has 3 rings (SSSR count). The lowest BCUT2D eigenvalue weighted by molar-refractivity contribution is -0.137. The van der Waals surface area contributed by atoms with Crippen molar-refractivity contribution in [2.75, 3.05) is 11.1 Å². The van der Waals surface area contributed by atoms with Crippen LogP contribution in [-0.4, -0.2) is 26.4 Å². The molecule has 0 saturated heterocycles. The molecule has 0 aliphatic heterocycles. The molecule has 0 radical (unpaired) electrons. The average molecular weight is 457 g/mol. The van der Waals surface area contributed by atoms with E-state index in [1.807, 2.05) is 0 Å². The highest BCUT2D eigenvalue weighted by Crippen LogP contribution is 2.34. The van der Waals surface area contributed by atoms with E-state index in [0.717, 1.165) is 35.5 Å². The Labute approximate surface area is 179 Å². The predicted molar refractivity (Wildman–Crippen MR) is 108 cm³/mol. The second-order valence-electron chi connectivity index (χ2n) is 6.13. The maximum Gasteiger partial charge on any atom is 0.416 e. The number of anilines is 1. The van der Waals surface area contributed by atoms with Crippen molar-refractivity contribution >= 4 is 35.0 Å². The molecule has 1 aromatic carbocycles. The Kier molecular flexibility index (Phi) is 6.57. The molecule has 30 heavy (non-hydrogen) atoms. The third-order valence-electron chi connectivity index (χ3n) is 4.03. The van der Waals surface area contributed by atoms with Crippen LogP contribution in [0.5, 0.6) is 0 Å². The van der Waals surface area contributed by atoms with Gasteiger partial charge < -0.3 is 9.73 Å². The molecule has 0 unspecified atom stereocenters. The van der Waals surface area contributed by atoms with Gasteiger partial charge >= 0.3 is 6.18 Å². The van der Waals surface area contributed by atoms with Gasteiger partial charge in [0.25, 0.3) is 0 Å². The predicted octanol–water partition coefficient (Wildman–Crippen LogP) is 5.44. The van der Waals surface area contributed by atoms with E-state index in [1.54, 1.807) is 23.6 Å². The number of hydrogen-bond donors (Lipinski definition) is 1. The van der Waals surface area contributed by atoms with Gasteiger partial charge in [-0.15, -0.1) is 16.8 Å². The van der Waals surface area contributed by atoms with Gasteiger partial charge in [-0.3, -0.25) is 9.36 Å². The van der Waals surface area contributed by atoms with Gasteiger partial charge in [0.1, 0.15) is 5.76 Å². The minimum atomic E-state index is -4.54. The van der Waals surface area contributed by atoms with Gasteiger partial charge in [0, 0.05) is 6.54 Å². The van der Waals surface area contributed by atoms with E-state index < -0.39 is 17.6 Å². The summed E-state index contributed by atoms with van der Waals surface area (Å²) in [6, 6.07) is 4.50. The molecule has 3 aromatic rings. The minimum absolute atomic E-state index is 0.00823. The summed E-state index contributed by atoms with van der Waals surface area (Å²) in [6.07, 6.45) is -1.34. The van der Waals surface area contributed by atoms with Crippen molar-refractivity contribution in [1.82, 2.24) is 14.8 Å². The summed E-state index contributed by atoms with van der Waals surface area (Å²) in [4.78, 5) is 12.3. The van der Waals surface area contributed by atoms with E-state index in [0.29, 0.717) is 23.3 Å². The number of amides is 1. The molecule has 2 aromatic heterocycles. The molecular formula is C19H16ClF3N4O2S. The van der Waals surface area contributed by atoms with E-state index in [9.17, 15) is 18.0 Å². The zero-order valence-corrected chi connectivity index (χ0v) is 17.2. The molecule has 11 heteroatoms. The number of thioether (sulfide) groups is 1. The SMILES string of the molecule is C=CCn1c(SCC(=O)Nc2cc(C(F)(F)F)ccc2Cl)nnc1-c1ccoc1C. The largest absolute Gasteiger partial charge is 0.469 e. The Balaban J connectivity index is 1.73. The summed E-state index contributed by atoms with van der Waals surface area (Å²) < 4.78 is 45.7. The minimum Gasteiger partial charge on any atom is -0.469 e. The average Bonchev–Trinajstić information content (AvgIpc) is 3.27. The normalized spacial score (nSPS) is 11.5. The summed E-state index contributed by atoms with van der Waals surface area (Å²) in [7, 11) is 0. The number of aryl methyl sites for hydroxylation is 1.